The van der Waals surface area contributed by atoms with E-state index >= 15 is 0 Å². The van der Waals surface area contributed by atoms with Crippen molar-refractivity contribution in [3.63, 3.8) is 0 Å². The summed E-state index contributed by atoms with van der Waals surface area (Å²) in [6.07, 6.45) is 4.82. The molecule has 0 aliphatic heterocycles. The Morgan fingerprint density at radius 1 is 0.773 bits per heavy atom. The zero-order valence-corrected chi connectivity index (χ0v) is 42.9. The molecule has 4 rings (SSSR count). The predicted molar refractivity (Wildman–Crippen MR) is 280 cm³/mol. The minimum Gasteiger partial charge on any atom is -0.383 e. The van der Waals surface area contributed by atoms with E-state index < -0.39 is 96.2 Å². The second-order valence-corrected chi connectivity index (χ2v) is 19.6. The molecule has 29 heteroatoms. The zero-order valence-electron chi connectivity index (χ0n) is 42.9. The van der Waals surface area contributed by atoms with Gasteiger partial charge in [-0.3, -0.25) is 62.5 Å². The number of Topliss-reactive ketones (excluding diaryl/α,β-unsaturated/α-hetero) is 1. The zero-order chi connectivity index (χ0) is 55.1. The normalized spacial score (nSPS) is 11.8. The molecule has 0 fully saturated rings. The van der Waals surface area contributed by atoms with E-state index in [9.17, 15) is 47.9 Å². The lowest BCUT2D eigenvalue weighted by Crippen LogP contribution is -2.52. The van der Waals surface area contributed by atoms with Crippen molar-refractivity contribution < 1.29 is 28.8 Å². The molecule has 412 valence electrons. The second kappa shape index (κ2) is 27.2. The van der Waals surface area contributed by atoms with Crippen molar-refractivity contribution in [1.82, 2.24) is 69.3 Å². The number of aromatic amines is 2. The number of ketones is 1. The maximum atomic E-state index is 14.2. The molecule has 4 heterocycles. The van der Waals surface area contributed by atoms with Crippen molar-refractivity contribution >= 4 is 64.2 Å². The van der Waals surface area contributed by atoms with E-state index in [0.29, 0.717) is 12.8 Å². The van der Waals surface area contributed by atoms with Crippen molar-refractivity contribution in [2.24, 2.45) is 21.9 Å². The molecule has 4 aromatic heterocycles. The van der Waals surface area contributed by atoms with Gasteiger partial charge in [0.25, 0.3) is 11.1 Å². The van der Waals surface area contributed by atoms with E-state index in [4.69, 9.17) is 22.9 Å². The second-order valence-electron chi connectivity index (χ2n) is 19.6. The number of amides is 5. The molecule has 0 aliphatic rings. The van der Waals surface area contributed by atoms with Gasteiger partial charge in [0.1, 0.15) is 25.5 Å². The number of anilines is 2. The summed E-state index contributed by atoms with van der Waals surface area (Å²) in [5, 5.41) is 8.80. The fraction of sp³-hybridized carbons (Fsp3) is 0.565. The smallest absolute Gasteiger partial charge is 0.349 e. The number of imidazole rings is 1. The van der Waals surface area contributed by atoms with E-state index in [1.54, 1.807) is 20.8 Å². The Morgan fingerprint density at radius 2 is 1.39 bits per heavy atom. The van der Waals surface area contributed by atoms with E-state index in [0.717, 1.165) is 14.0 Å². The van der Waals surface area contributed by atoms with Crippen LogP contribution in [0.1, 0.15) is 73.8 Å². The van der Waals surface area contributed by atoms with E-state index in [1.165, 1.54) is 46.1 Å². The van der Waals surface area contributed by atoms with Gasteiger partial charge in [-0.25, -0.2) is 14.6 Å². The van der Waals surface area contributed by atoms with Crippen LogP contribution < -0.4 is 61.4 Å². The third-order valence-electron chi connectivity index (χ3n) is 11.2. The number of aromatic nitrogens is 8. The van der Waals surface area contributed by atoms with Gasteiger partial charge in [-0.05, 0) is 53.0 Å². The quantitative estimate of drug-likeness (QED) is 0.0168. The fourth-order valence-electron chi connectivity index (χ4n) is 7.13. The highest BCUT2D eigenvalue weighted by Gasteiger charge is 2.30. The molecule has 0 spiro atoms. The summed E-state index contributed by atoms with van der Waals surface area (Å²) >= 11 is 0. The number of aliphatic imine (C=N–C) groups is 1. The number of nitrogen functional groups attached to an aromatic ring is 2. The standard InChI is InChI=1S/C45H69N19O10.CH4/c1-27-18-63(43(74)58-38(27)71)24-34(69)59(16-13-50-31(66)21-60(17-14-53-45(5,6)7)33(68)23-61-15-11-30(46)55-42(61)73)22-32(67)54-28(10-8-9-12-51-40(47)48)19-62(20-29(65)44(2,3)4)35(70)25-64-26-52-36-37(64)56-41(49)57-39(36)72;/h11,15,18,26,28,53H,8-10,12-14,16-17,19-25H2,1-7H3,(H,50,66)(H,54,67)(H2,46,55,73)(H4,47,48,51)(H,58,71,74)(H3,49,56,57,72);1H4/t28-;/m0./s1. The molecule has 75 heavy (non-hydrogen) atoms. The molecule has 29 nitrogen and oxygen atoms in total. The average Bonchev–Trinajstić information content (AvgIpc) is 3.69. The summed E-state index contributed by atoms with van der Waals surface area (Å²) in [6.45, 7) is 9.13. The first-order chi connectivity index (χ1) is 34.6. The minimum absolute atomic E-state index is 0. The van der Waals surface area contributed by atoms with Crippen molar-refractivity contribution in [3.8, 4) is 0 Å². The lowest BCUT2D eigenvalue weighted by Gasteiger charge is -2.31. The molecule has 0 unspecified atom stereocenters. The van der Waals surface area contributed by atoms with Crippen molar-refractivity contribution in [2.45, 2.75) is 106 Å². The molecule has 0 aliphatic carbocycles. The fourth-order valence-corrected chi connectivity index (χ4v) is 7.13. The molecule has 5 amide bonds. The van der Waals surface area contributed by atoms with Gasteiger partial charge in [0, 0.05) is 74.2 Å². The van der Waals surface area contributed by atoms with Crippen LogP contribution in [-0.4, -0.2) is 165 Å². The van der Waals surface area contributed by atoms with E-state index in [2.05, 4.69) is 45.9 Å². The maximum absolute atomic E-state index is 14.2. The lowest BCUT2D eigenvalue weighted by molar-refractivity contribution is -0.139. The van der Waals surface area contributed by atoms with Gasteiger partial charge in [0.15, 0.2) is 22.9 Å². The number of nitrogens with zero attached hydrogens (tertiary/aromatic N) is 10. The summed E-state index contributed by atoms with van der Waals surface area (Å²) in [6, 6.07) is 0.498. The van der Waals surface area contributed by atoms with Crippen LogP contribution >= 0.6 is 0 Å². The number of H-pyrrole nitrogens is 2. The largest absolute Gasteiger partial charge is 0.383 e. The first-order valence-corrected chi connectivity index (χ1v) is 23.7. The van der Waals surface area contributed by atoms with Crippen LogP contribution in [-0.2, 0) is 48.4 Å². The monoisotopic (exact) mass is 1050 g/mol. The van der Waals surface area contributed by atoms with Gasteiger partial charge in [-0.1, -0.05) is 28.2 Å². The summed E-state index contributed by atoms with van der Waals surface area (Å²) in [4.78, 5) is 157. The van der Waals surface area contributed by atoms with Crippen LogP contribution in [0.3, 0.4) is 0 Å². The van der Waals surface area contributed by atoms with Crippen LogP contribution in [0.4, 0.5) is 11.8 Å². The predicted octanol–water partition coefficient (Wildman–Crippen LogP) is -3.43. The number of nitrogens with one attached hydrogen (secondary N) is 5. The highest BCUT2D eigenvalue weighted by Crippen LogP contribution is 2.17. The number of hydrogen-bond donors (Lipinski definition) is 9. The van der Waals surface area contributed by atoms with Crippen LogP contribution in [0.15, 0.2) is 49.0 Å². The number of aryl methyl sites for hydroxylation is 1. The SMILES string of the molecule is C.Cc1cn(CC(=O)N(CCNC(=O)CN(CCNC(C)(C)C)C(=O)Cn2ccc(N)nc2=O)CC(=O)N[C@@H](CCCCN=C(N)N)CN(CC(=O)C(C)(C)C)C(=O)Cn2cnc3c(=O)[nH]c(N)nc32)c(=O)[nH]c1=O. The average molecular weight is 1050 g/mol. The van der Waals surface area contributed by atoms with Gasteiger partial charge < -0.3 is 58.2 Å². The Morgan fingerprint density at radius 3 is 2.01 bits per heavy atom. The molecule has 0 aromatic carbocycles. The molecular formula is C46H73N19O10. The highest BCUT2D eigenvalue weighted by molar-refractivity contribution is 5.90. The van der Waals surface area contributed by atoms with Gasteiger partial charge in [0.2, 0.25) is 35.5 Å². The Bertz CT molecular complexity index is 2940. The Labute approximate surface area is 431 Å². The number of nitrogens with two attached hydrogens (primary N) is 4. The van der Waals surface area contributed by atoms with Gasteiger partial charge >= 0.3 is 11.4 Å². The third-order valence-corrected chi connectivity index (χ3v) is 11.2. The number of guanidine groups is 1. The maximum Gasteiger partial charge on any atom is 0.349 e. The molecule has 0 saturated heterocycles. The molecule has 13 N–H and O–H groups in total. The Kier molecular flexibility index (Phi) is 22.1. The number of carbonyl (C=O) groups excluding carboxylic acids is 6. The van der Waals surface area contributed by atoms with Crippen molar-refractivity contribution in [1.29, 1.82) is 0 Å². The number of rotatable bonds is 26. The molecule has 0 bridgehead atoms. The van der Waals surface area contributed by atoms with E-state index in [-0.39, 0.29) is 105 Å². The number of hydrogen-bond acceptors (Lipinski definition) is 17. The van der Waals surface area contributed by atoms with Gasteiger partial charge in [0.05, 0.1) is 26.0 Å². The van der Waals surface area contributed by atoms with Gasteiger partial charge in [-0.2, -0.15) is 9.97 Å². The number of fused-ring (bicyclic) bond motifs is 1. The van der Waals surface area contributed by atoms with Crippen LogP contribution in [0.5, 0.6) is 0 Å². The molecule has 0 radical (unpaired) electrons. The first-order valence-electron chi connectivity index (χ1n) is 23.7. The van der Waals surface area contributed by atoms with Crippen molar-refractivity contribution in [3.05, 3.63) is 72.0 Å². The summed E-state index contributed by atoms with van der Waals surface area (Å²) < 4.78 is 3.31. The summed E-state index contributed by atoms with van der Waals surface area (Å²) in [7, 11) is 0. The van der Waals surface area contributed by atoms with Crippen molar-refractivity contribution in [2.75, 3.05) is 70.4 Å². The first kappa shape index (κ1) is 61.1. The molecule has 0 saturated carbocycles. The molecule has 1 atom stereocenters. The third kappa shape index (κ3) is 19.6. The number of unbranched alkanes of at least 4 members (excludes halogenated alkanes) is 1. The minimum atomic E-state index is -0.891. The Balaban J connectivity index is 0.0000148. The summed E-state index contributed by atoms with van der Waals surface area (Å²) in [5.74, 6) is -4.00. The topological polar surface area (TPSA) is 418 Å². The van der Waals surface area contributed by atoms with Crippen LogP contribution in [0.25, 0.3) is 11.2 Å². The van der Waals surface area contributed by atoms with Gasteiger partial charge in [-0.15, -0.1) is 0 Å². The summed E-state index contributed by atoms with van der Waals surface area (Å²) in [5.41, 5.74) is 18.3. The lowest BCUT2D eigenvalue weighted by atomic mass is 9.90. The number of carbonyl (C=O) groups is 6. The Hall–Kier alpha value is -8.24. The highest BCUT2D eigenvalue weighted by atomic mass is 16.2. The van der Waals surface area contributed by atoms with E-state index in [1.807, 2.05) is 20.8 Å². The van der Waals surface area contributed by atoms with Crippen LogP contribution in [0.2, 0.25) is 0 Å². The van der Waals surface area contributed by atoms with Crippen LogP contribution in [0, 0.1) is 12.3 Å². The molecule has 4 aromatic rings. The molecular weight excluding hydrogens is 979 g/mol.